The number of aromatic nitrogens is 2. The molecule has 2 aromatic rings. The predicted octanol–water partition coefficient (Wildman–Crippen LogP) is 5.07. The molecule has 1 fully saturated rings. The van der Waals surface area contributed by atoms with E-state index >= 15 is 0 Å². The highest BCUT2D eigenvalue weighted by atomic mass is 19.4. The van der Waals surface area contributed by atoms with Crippen LogP contribution in [0.2, 0.25) is 0 Å². The number of ether oxygens (including phenoxy) is 1. The zero-order valence-electron chi connectivity index (χ0n) is 18.7. The van der Waals surface area contributed by atoms with E-state index in [9.17, 15) is 13.2 Å². The zero-order valence-corrected chi connectivity index (χ0v) is 18.7. The number of para-hydroxylation sites is 1. The third kappa shape index (κ3) is 8.13. The number of halogens is 3. The van der Waals surface area contributed by atoms with Gasteiger partial charge in [0.1, 0.15) is 11.6 Å². The van der Waals surface area contributed by atoms with Crippen molar-refractivity contribution in [3.8, 4) is 17.6 Å². The minimum atomic E-state index is -4.76. The first-order valence-electron chi connectivity index (χ1n) is 11.3. The van der Waals surface area contributed by atoms with E-state index in [4.69, 9.17) is 5.73 Å². The molecule has 0 aliphatic heterocycles. The van der Waals surface area contributed by atoms with Gasteiger partial charge in [0.25, 0.3) is 0 Å². The van der Waals surface area contributed by atoms with Crippen molar-refractivity contribution in [2.45, 2.75) is 64.4 Å². The number of benzene rings is 1. The second-order valence-electron chi connectivity index (χ2n) is 8.18. The van der Waals surface area contributed by atoms with Crippen LogP contribution in [0, 0.1) is 17.8 Å². The van der Waals surface area contributed by atoms with E-state index in [2.05, 4.69) is 44.1 Å². The van der Waals surface area contributed by atoms with Gasteiger partial charge in [0, 0.05) is 31.1 Å². The summed E-state index contributed by atoms with van der Waals surface area (Å²) in [5, 5.41) is 6.39. The van der Waals surface area contributed by atoms with Crippen molar-refractivity contribution >= 4 is 11.8 Å². The molecule has 1 saturated carbocycles. The van der Waals surface area contributed by atoms with Crippen LogP contribution < -0.4 is 21.1 Å². The first-order valence-corrected chi connectivity index (χ1v) is 11.3. The number of nitrogens with zero attached hydrogens (tertiary/aromatic N) is 2. The molecular weight excluding hydrogens is 431 g/mol. The van der Waals surface area contributed by atoms with Crippen LogP contribution in [0.15, 0.2) is 30.5 Å². The Bertz CT molecular complexity index is 963. The smallest absolute Gasteiger partial charge is 0.405 e. The summed E-state index contributed by atoms with van der Waals surface area (Å²) in [5.41, 5.74) is 7.05. The molecule has 3 rings (SSSR count). The summed E-state index contributed by atoms with van der Waals surface area (Å²) in [7, 11) is 0. The molecule has 0 unspecified atom stereocenters. The summed E-state index contributed by atoms with van der Waals surface area (Å²) in [4.78, 5) is 8.84. The van der Waals surface area contributed by atoms with Crippen molar-refractivity contribution in [3.05, 3.63) is 41.6 Å². The maximum absolute atomic E-state index is 12.7. The second kappa shape index (κ2) is 11.8. The van der Waals surface area contributed by atoms with Crippen LogP contribution in [0.1, 0.15) is 56.6 Å². The second-order valence-corrected chi connectivity index (χ2v) is 8.18. The van der Waals surface area contributed by atoms with Crippen LogP contribution in [0.5, 0.6) is 5.75 Å². The fourth-order valence-electron chi connectivity index (χ4n) is 3.66. The summed E-state index contributed by atoms with van der Waals surface area (Å²) in [6.07, 6.45) is 2.78. The largest absolute Gasteiger partial charge is 0.573 e. The Morgan fingerprint density at radius 2 is 1.91 bits per heavy atom. The molecule has 4 N–H and O–H groups in total. The first kappa shape index (κ1) is 24.6. The highest BCUT2D eigenvalue weighted by Gasteiger charge is 2.32. The molecule has 1 aromatic carbocycles. The molecule has 0 spiro atoms. The van der Waals surface area contributed by atoms with Crippen LogP contribution >= 0.6 is 0 Å². The van der Waals surface area contributed by atoms with Gasteiger partial charge < -0.3 is 21.1 Å². The van der Waals surface area contributed by atoms with Crippen molar-refractivity contribution in [3.63, 3.8) is 0 Å². The minimum Gasteiger partial charge on any atom is -0.405 e. The van der Waals surface area contributed by atoms with Crippen LogP contribution in [0.4, 0.5) is 24.9 Å². The van der Waals surface area contributed by atoms with E-state index < -0.39 is 6.36 Å². The van der Waals surface area contributed by atoms with Gasteiger partial charge in [0.15, 0.2) is 0 Å². The molecule has 0 radical (unpaired) electrons. The highest BCUT2D eigenvalue weighted by Crippen LogP contribution is 2.27. The van der Waals surface area contributed by atoms with Crippen LogP contribution in [0.3, 0.4) is 0 Å². The molecule has 0 bridgehead atoms. The van der Waals surface area contributed by atoms with E-state index in [1.165, 1.54) is 12.1 Å². The Morgan fingerprint density at radius 3 is 2.64 bits per heavy atom. The summed E-state index contributed by atoms with van der Waals surface area (Å²) < 4.78 is 42.1. The van der Waals surface area contributed by atoms with E-state index in [1.54, 1.807) is 18.3 Å². The van der Waals surface area contributed by atoms with E-state index in [0.29, 0.717) is 28.8 Å². The number of hydrogen-bond donors (Lipinski definition) is 3. The van der Waals surface area contributed by atoms with Crippen molar-refractivity contribution < 1.29 is 17.9 Å². The van der Waals surface area contributed by atoms with E-state index in [0.717, 1.165) is 45.1 Å². The number of rotatable bonds is 8. The lowest BCUT2D eigenvalue weighted by molar-refractivity contribution is -0.274. The zero-order chi connectivity index (χ0) is 23.7. The first-order chi connectivity index (χ1) is 15.8. The summed E-state index contributed by atoms with van der Waals surface area (Å²) in [6, 6.07) is 6.27. The molecule has 9 heteroatoms. The Kier molecular flexibility index (Phi) is 8.78. The number of alkyl halides is 3. The van der Waals surface area contributed by atoms with Crippen LogP contribution in [0.25, 0.3) is 0 Å². The SMILES string of the molecule is CCCC#Cc1cnc(NCc2ccccc2OC(F)(F)F)nc1NC[C@H]1CC[C@H](N)CC1. The lowest BCUT2D eigenvalue weighted by Gasteiger charge is -2.26. The van der Waals surface area contributed by atoms with Gasteiger partial charge in [-0.2, -0.15) is 4.98 Å². The molecule has 33 heavy (non-hydrogen) atoms. The average Bonchev–Trinajstić information content (AvgIpc) is 2.78. The Balaban J connectivity index is 1.71. The third-order valence-corrected chi connectivity index (χ3v) is 5.47. The minimum absolute atomic E-state index is 0.0765. The Morgan fingerprint density at radius 1 is 1.15 bits per heavy atom. The lowest BCUT2D eigenvalue weighted by Crippen LogP contribution is -2.29. The Hall–Kier alpha value is -2.99. The third-order valence-electron chi connectivity index (χ3n) is 5.47. The van der Waals surface area contributed by atoms with Gasteiger partial charge in [-0.1, -0.05) is 37.0 Å². The van der Waals surface area contributed by atoms with E-state index in [1.807, 2.05) is 0 Å². The molecule has 1 aromatic heterocycles. The van der Waals surface area contributed by atoms with Crippen molar-refractivity contribution in [1.82, 2.24) is 9.97 Å². The van der Waals surface area contributed by atoms with Crippen molar-refractivity contribution in [1.29, 1.82) is 0 Å². The van der Waals surface area contributed by atoms with Gasteiger partial charge in [0.05, 0.1) is 11.8 Å². The molecule has 0 atom stereocenters. The quantitative estimate of drug-likeness (QED) is 0.476. The Labute approximate surface area is 192 Å². The molecule has 1 aliphatic carbocycles. The van der Waals surface area contributed by atoms with Gasteiger partial charge >= 0.3 is 6.36 Å². The monoisotopic (exact) mass is 461 g/mol. The van der Waals surface area contributed by atoms with Gasteiger partial charge in [-0.15, -0.1) is 13.2 Å². The summed E-state index contributed by atoms with van der Waals surface area (Å²) >= 11 is 0. The van der Waals surface area contributed by atoms with Crippen molar-refractivity contribution in [2.24, 2.45) is 11.7 Å². The average molecular weight is 462 g/mol. The molecular formula is C24H30F3N5O. The van der Waals surface area contributed by atoms with Crippen molar-refractivity contribution in [2.75, 3.05) is 17.2 Å². The molecule has 6 nitrogen and oxygen atoms in total. The number of nitrogens with two attached hydrogens (primary N) is 1. The fourth-order valence-corrected chi connectivity index (χ4v) is 3.66. The summed E-state index contributed by atoms with van der Waals surface area (Å²) in [6.45, 7) is 2.90. The number of hydrogen-bond acceptors (Lipinski definition) is 6. The topological polar surface area (TPSA) is 85.1 Å². The van der Waals surface area contributed by atoms with Gasteiger partial charge in [-0.05, 0) is 44.1 Å². The van der Waals surface area contributed by atoms with Crippen LogP contribution in [-0.4, -0.2) is 28.9 Å². The normalized spacial score (nSPS) is 18.2. The molecule has 0 saturated heterocycles. The maximum atomic E-state index is 12.7. The standard InChI is InChI=1S/C24H30F3N5O/c1-2-3-4-8-19-16-31-23(32-22(19)29-14-17-10-12-20(28)13-11-17)30-15-18-7-5-6-9-21(18)33-24(25,26)27/h5-7,9,16-17,20H,2-3,10-15,28H2,1H3,(H2,29,30,31,32)/t17-,20-. The molecule has 178 valence electrons. The number of nitrogens with one attached hydrogen (secondary N) is 2. The summed E-state index contributed by atoms with van der Waals surface area (Å²) in [5.74, 6) is 7.40. The maximum Gasteiger partial charge on any atom is 0.573 e. The highest BCUT2D eigenvalue weighted by molar-refractivity contribution is 5.55. The fraction of sp³-hybridized carbons (Fsp3) is 0.500. The lowest BCUT2D eigenvalue weighted by atomic mass is 9.86. The van der Waals surface area contributed by atoms with Gasteiger partial charge in [0.2, 0.25) is 5.95 Å². The van der Waals surface area contributed by atoms with Gasteiger partial charge in [-0.3, -0.25) is 0 Å². The predicted molar refractivity (Wildman–Crippen MR) is 123 cm³/mol. The number of unbranched alkanes of at least 4 members (excludes halogenated alkanes) is 1. The molecule has 0 amide bonds. The van der Waals surface area contributed by atoms with Gasteiger partial charge in [-0.25, -0.2) is 4.98 Å². The van der Waals surface area contributed by atoms with Crippen LogP contribution in [-0.2, 0) is 6.54 Å². The molecule has 1 aliphatic rings. The number of anilines is 2. The van der Waals surface area contributed by atoms with E-state index in [-0.39, 0.29) is 18.3 Å². The molecule has 1 heterocycles.